The van der Waals surface area contributed by atoms with Crippen LogP contribution in [0.1, 0.15) is 22.4 Å². The summed E-state index contributed by atoms with van der Waals surface area (Å²) in [6.07, 6.45) is 0.750. The van der Waals surface area contributed by atoms with Gasteiger partial charge in [0, 0.05) is 22.9 Å². The van der Waals surface area contributed by atoms with Crippen molar-refractivity contribution in [3.63, 3.8) is 0 Å². The van der Waals surface area contributed by atoms with Crippen LogP contribution in [0.3, 0.4) is 0 Å². The van der Waals surface area contributed by atoms with E-state index in [4.69, 9.17) is 5.84 Å². The van der Waals surface area contributed by atoms with Gasteiger partial charge in [-0.3, -0.25) is 11.3 Å². The number of hydrazine groups is 1. The number of aromatic nitrogens is 3. The molecule has 0 aromatic carbocycles. The van der Waals surface area contributed by atoms with Crippen molar-refractivity contribution in [1.82, 2.24) is 20.0 Å². The molecular weight excluding hydrogens is 230 g/mol. The van der Waals surface area contributed by atoms with Gasteiger partial charge in [0.2, 0.25) is 0 Å². The topological polar surface area (TPSA) is 76.7 Å². The number of nitrogens with two attached hydrogens (primary N) is 1. The molecule has 2 aromatic heterocycles. The Morgan fingerprint density at radius 1 is 1.53 bits per heavy atom. The quantitative estimate of drug-likeness (QED) is 0.618. The van der Waals surface area contributed by atoms with Crippen LogP contribution in [-0.4, -0.2) is 14.6 Å². The molecule has 0 saturated heterocycles. The number of nitrogens with one attached hydrogen (secondary N) is 1. The first-order valence-electron chi connectivity index (χ1n) is 4.43. The monoisotopic (exact) mass is 241 g/mol. The Labute approximate surface area is 95.5 Å². The molecule has 0 bridgehead atoms. The van der Waals surface area contributed by atoms with Gasteiger partial charge in [-0.2, -0.15) is 0 Å². The molecule has 0 fully saturated rings. The third-order valence-corrected chi connectivity index (χ3v) is 3.49. The molecule has 1 atom stereocenters. The average Bonchev–Trinajstić information content (AvgIpc) is 2.85. The first-order valence-corrected chi connectivity index (χ1v) is 6.15. The van der Waals surface area contributed by atoms with E-state index in [1.807, 2.05) is 17.7 Å². The van der Waals surface area contributed by atoms with Gasteiger partial charge in [0.15, 0.2) is 0 Å². The Bertz CT molecular complexity index is 410. The molecule has 1 unspecified atom stereocenters. The van der Waals surface area contributed by atoms with Gasteiger partial charge in [-0.25, -0.2) is 4.98 Å². The van der Waals surface area contributed by atoms with Crippen LogP contribution >= 0.6 is 22.9 Å². The van der Waals surface area contributed by atoms with Gasteiger partial charge < -0.3 is 0 Å². The van der Waals surface area contributed by atoms with Crippen LogP contribution < -0.4 is 11.3 Å². The lowest BCUT2D eigenvalue weighted by atomic mass is 10.2. The minimum absolute atomic E-state index is 0.00528. The first kappa shape index (κ1) is 10.6. The largest absolute Gasteiger partial charge is 0.271 e. The molecule has 80 valence electrons. The summed E-state index contributed by atoms with van der Waals surface area (Å²) in [6, 6.07) is -0.00528. The van der Waals surface area contributed by atoms with Crippen LogP contribution in [0.25, 0.3) is 0 Å². The van der Waals surface area contributed by atoms with Crippen LogP contribution in [0, 0.1) is 6.92 Å². The van der Waals surface area contributed by atoms with Crippen molar-refractivity contribution in [2.75, 3.05) is 0 Å². The summed E-state index contributed by atoms with van der Waals surface area (Å²) in [6.45, 7) is 1.98. The summed E-state index contributed by atoms with van der Waals surface area (Å²) in [5, 5.41) is 8.98. The molecule has 7 heteroatoms. The summed E-state index contributed by atoms with van der Waals surface area (Å²) < 4.78 is 3.82. The minimum atomic E-state index is -0.00528. The second-order valence-electron chi connectivity index (χ2n) is 3.14. The van der Waals surface area contributed by atoms with Crippen molar-refractivity contribution in [1.29, 1.82) is 0 Å². The molecule has 5 nitrogen and oxygen atoms in total. The first-order chi connectivity index (χ1) is 7.29. The molecule has 0 spiro atoms. The molecule has 2 aromatic rings. The molecule has 0 aliphatic rings. The maximum absolute atomic E-state index is 5.48. The predicted octanol–water partition coefficient (Wildman–Crippen LogP) is 1.05. The zero-order chi connectivity index (χ0) is 10.7. The summed E-state index contributed by atoms with van der Waals surface area (Å²) in [7, 11) is 0. The van der Waals surface area contributed by atoms with E-state index in [9.17, 15) is 0 Å². The van der Waals surface area contributed by atoms with Crippen molar-refractivity contribution in [2.45, 2.75) is 19.4 Å². The normalized spacial score (nSPS) is 12.9. The van der Waals surface area contributed by atoms with Gasteiger partial charge in [-0.05, 0) is 18.5 Å². The molecule has 0 saturated carbocycles. The van der Waals surface area contributed by atoms with Gasteiger partial charge in [0.05, 0.1) is 16.7 Å². The molecular formula is C8H11N5S2. The minimum Gasteiger partial charge on any atom is -0.271 e. The van der Waals surface area contributed by atoms with Gasteiger partial charge >= 0.3 is 0 Å². The van der Waals surface area contributed by atoms with Crippen LogP contribution in [-0.2, 0) is 6.42 Å². The van der Waals surface area contributed by atoms with Gasteiger partial charge in [0.1, 0.15) is 0 Å². The van der Waals surface area contributed by atoms with E-state index >= 15 is 0 Å². The van der Waals surface area contributed by atoms with E-state index in [2.05, 4.69) is 20.0 Å². The fourth-order valence-electron chi connectivity index (χ4n) is 1.24. The molecule has 0 aliphatic heterocycles. The number of thiazole rings is 1. The summed E-state index contributed by atoms with van der Waals surface area (Å²) >= 11 is 2.96. The summed E-state index contributed by atoms with van der Waals surface area (Å²) in [5.74, 6) is 5.48. The van der Waals surface area contributed by atoms with E-state index in [0.29, 0.717) is 0 Å². The SMILES string of the molecule is Cc1csc(CC(NN)c2csnn2)n1. The lowest BCUT2D eigenvalue weighted by Crippen LogP contribution is -2.29. The zero-order valence-electron chi connectivity index (χ0n) is 8.17. The standard InChI is InChI=1S/C8H11N5S2/c1-5-3-14-8(10-5)2-6(11-9)7-4-15-13-12-7/h3-4,6,11H,2,9H2,1H3. The highest BCUT2D eigenvalue weighted by molar-refractivity contribution is 7.09. The van der Waals surface area contributed by atoms with Crippen molar-refractivity contribution in [3.8, 4) is 0 Å². The van der Waals surface area contributed by atoms with Crippen molar-refractivity contribution in [2.24, 2.45) is 5.84 Å². The lowest BCUT2D eigenvalue weighted by Gasteiger charge is -2.10. The second kappa shape index (κ2) is 4.75. The van der Waals surface area contributed by atoms with Gasteiger partial charge in [0.25, 0.3) is 0 Å². The summed E-state index contributed by atoms with van der Waals surface area (Å²) in [4.78, 5) is 4.39. The van der Waals surface area contributed by atoms with E-state index in [1.165, 1.54) is 11.5 Å². The van der Waals surface area contributed by atoms with Crippen molar-refractivity contribution >= 4 is 22.9 Å². The molecule has 2 heterocycles. The van der Waals surface area contributed by atoms with Gasteiger partial charge in [-0.15, -0.1) is 16.4 Å². The predicted molar refractivity (Wildman–Crippen MR) is 60.5 cm³/mol. The summed E-state index contributed by atoms with van der Waals surface area (Å²) in [5.41, 5.74) is 4.65. The van der Waals surface area contributed by atoms with E-state index in [-0.39, 0.29) is 6.04 Å². The zero-order valence-corrected chi connectivity index (χ0v) is 9.81. The maximum Gasteiger partial charge on any atom is 0.0948 e. The van der Waals surface area contributed by atoms with E-state index in [1.54, 1.807) is 11.3 Å². The highest BCUT2D eigenvalue weighted by atomic mass is 32.1. The Balaban J connectivity index is 2.09. The third-order valence-electron chi connectivity index (χ3n) is 1.98. The number of nitrogens with zero attached hydrogens (tertiary/aromatic N) is 3. The third kappa shape index (κ3) is 2.57. The van der Waals surface area contributed by atoms with Crippen LogP contribution in [0.5, 0.6) is 0 Å². The molecule has 3 N–H and O–H groups in total. The Morgan fingerprint density at radius 2 is 2.40 bits per heavy atom. The smallest absolute Gasteiger partial charge is 0.0948 e. The second-order valence-corrected chi connectivity index (χ2v) is 4.69. The Hall–Kier alpha value is -0.890. The number of rotatable bonds is 4. The van der Waals surface area contributed by atoms with Crippen LogP contribution in [0.15, 0.2) is 10.8 Å². The fourth-order valence-corrected chi connectivity index (χ4v) is 2.57. The van der Waals surface area contributed by atoms with E-state index < -0.39 is 0 Å². The highest BCUT2D eigenvalue weighted by Gasteiger charge is 2.14. The molecule has 0 aliphatic carbocycles. The lowest BCUT2D eigenvalue weighted by molar-refractivity contribution is 0.536. The van der Waals surface area contributed by atoms with E-state index in [0.717, 1.165) is 22.8 Å². The molecule has 2 rings (SSSR count). The van der Waals surface area contributed by atoms with Crippen molar-refractivity contribution < 1.29 is 0 Å². The highest BCUT2D eigenvalue weighted by Crippen LogP contribution is 2.19. The fraction of sp³-hybridized carbons (Fsp3) is 0.375. The molecule has 0 radical (unpaired) electrons. The molecule has 0 amide bonds. The number of aryl methyl sites for hydroxylation is 1. The molecule has 15 heavy (non-hydrogen) atoms. The Morgan fingerprint density at radius 3 is 2.93 bits per heavy atom. The number of hydrogen-bond acceptors (Lipinski definition) is 7. The number of hydrogen-bond donors (Lipinski definition) is 2. The average molecular weight is 241 g/mol. The van der Waals surface area contributed by atoms with Gasteiger partial charge in [-0.1, -0.05) is 4.49 Å². The maximum atomic E-state index is 5.48. The van der Waals surface area contributed by atoms with Crippen molar-refractivity contribution in [3.05, 3.63) is 27.2 Å². The van der Waals surface area contributed by atoms with Crippen LogP contribution in [0.2, 0.25) is 0 Å². The Kier molecular flexibility index (Phi) is 3.37. The van der Waals surface area contributed by atoms with Crippen LogP contribution in [0.4, 0.5) is 0 Å².